The number of rotatable bonds is 4. The number of nitrogens with one attached hydrogen (secondary N) is 2. The van der Waals surface area contributed by atoms with E-state index in [1.807, 2.05) is 18.5 Å². The molecule has 1 aliphatic heterocycles. The van der Waals surface area contributed by atoms with Gasteiger partial charge in [-0.25, -0.2) is 4.68 Å². The third-order valence-electron chi connectivity index (χ3n) is 4.32. The highest BCUT2D eigenvalue weighted by Gasteiger charge is 2.17. The number of benzene rings is 1. The van der Waals surface area contributed by atoms with Crippen LogP contribution in [0.1, 0.15) is 29.8 Å². The SMILES string of the molecule is Cc1ccc(-n2nc(C)c(NC(=S)NC[C@@H]3CCCO3)c2C)cc1. The van der Waals surface area contributed by atoms with E-state index in [-0.39, 0.29) is 6.10 Å². The quantitative estimate of drug-likeness (QED) is 0.834. The summed E-state index contributed by atoms with van der Waals surface area (Å²) in [4.78, 5) is 0. The number of anilines is 1. The van der Waals surface area contributed by atoms with Crippen LogP contribution in [0.4, 0.5) is 5.69 Å². The van der Waals surface area contributed by atoms with Gasteiger partial charge < -0.3 is 15.4 Å². The summed E-state index contributed by atoms with van der Waals surface area (Å²) in [5, 5.41) is 11.8. The molecular formula is C18H24N4OS. The zero-order chi connectivity index (χ0) is 17.1. The van der Waals surface area contributed by atoms with Crippen molar-refractivity contribution in [2.24, 2.45) is 0 Å². The van der Waals surface area contributed by atoms with Crippen molar-refractivity contribution in [3.63, 3.8) is 0 Å². The molecule has 5 nitrogen and oxygen atoms in total. The lowest BCUT2D eigenvalue weighted by molar-refractivity contribution is 0.114. The van der Waals surface area contributed by atoms with Gasteiger partial charge in [-0.2, -0.15) is 5.10 Å². The van der Waals surface area contributed by atoms with Crippen LogP contribution in [-0.2, 0) is 4.74 Å². The van der Waals surface area contributed by atoms with Crippen LogP contribution in [0.3, 0.4) is 0 Å². The molecule has 24 heavy (non-hydrogen) atoms. The molecule has 2 aromatic rings. The highest BCUT2D eigenvalue weighted by molar-refractivity contribution is 7.80. The van der Waals surface area contributed by atoms with Crippen molar-refractivity contribution >= 4 is 23.0 Å². The van der Waals surface area contributed by atoms with Crippen LogP contribution >= 0.6 is 12.2 Å². The van der Waals surface area contributed by atoms with Gasteiger partial charge in [0.05, 0.1) is 28.9 Å². The van der Waals surface area contributed by atoms with Gasteiger partial charge >= 0.3 is 0 Å². The third kappa shape index (κ3) is 3.76. The number of aryl methyl sites for hydroxylation is 2. The fourth-order valence-corrected chi connectivity index (χ4v) is 3.12. The van der Waals surface area contributed by atoms with Gasteiger partial charge in [-0.1, -0.05) is 17.7 Å². The van der Waals surface area contributed by atoms with Gasteiger partial charge in [-0.15, -0.1) is 0 Å². The molecule has 0 aliphatic carbocycles. The average molecular weight is 344 g/mol. The standard InChI is InChI=1S/C18H24N4OS/c1-12-6-8-15(9-7-12)22-14(3)17(13(2)21-22)20-18(24)19-11-16-5-4-10-23-16/h6-9,16H,4-5,10-11H2,1-3H3,(H2,19,20,24)/t16-/m0/s1. The second kappa shape index (κ2) is 7.32. The van der Waals surface area contributed by atoms with E-state index in [1.165, 1.54) is 5.56 Å². The Kier molecular flexibility index (Phi) is 5.16. The predicted octanol–water partition coefficient (Wildman–Crippen LogP) is 3.26. The lowest BCUT2D eigenvalue weighted by atomic mass is 10.2. The molecule has 1 aliphatic rings. The molecule has 0 saturated carbocycles. The first kappa shape index (κ1) is 16.9. The summed E-state index contributed by atoms with van der Waals surface area (Å²) in [5.74, 6) is 0. The highest BCUT2D eigenvalue weighted by Crippen LogP contribution is 2.23. The van der Waals surface area contributed by atoms with Gasteiger partial charge in [0, 0.05) is 13.2 Å². The van der Waals surface area contributed by atoms with Gasteiger partial charge in [0.25, 0.3) is 0 Å². The zero-order valence-corrected chi connectivity index (χ0v) is 15.2. The van der Waals surface area contributed by atoms with E-state index in [4.69, 9.17) is 17.0 Å². The molecule has 1 aromatic carbocycles. The van der Waals surface area contributed by atoms with E-state index in [0.29, 0.717) is 5.11 Å². The van der Waals surface area contributed by atoms with Crippen LogP contribution in [0.2, 0.25) is 0 Å². The molecular weight excluding hydrogens is 320 g/mol. The summed E-state index contributed by atoms with van der Waals surface area (Å²) >= 11 is 5.42. The van der Waals surface area contributed by atoms with Crippen molar-refractivity contribution < 1.29 is 4.74 Å². The maximum Gasteiger partial charge on any atom is 0.170 e. The van der Waals surface area contributed by atoms with Crippen molar-refractivity contribution in [2.45, 2.75) is 39.7 Å². The molecule has 1 atom stereocenters. The Bertz CT molecular complexity index is 717. The fraction of sp³-hybridized carbons (Fsp3) is 0.444. The molecule has 0 amide bonds. The Morgan fingerprint density at radius 3 is 2.71 bits per heavy atom. The Hall–Kier alpha value is -1.92. The fourth-order valence-electron chi connectivity index (χ4n) is 2.93. The van der Waals surface area contributed by atoms with Crippen molar-refractivity contribution in [1.82, 2.24) is 15.1 Å². The minimum Gasteiger partial charge on any atom is -0.376 e. The summed E-state index contributed by atoms with van der Waals surface area (Å²) in [5.41, 5.74) is 5.21. The normalized spacial score (nSPS) is 17.0. The van der Waals surface area contributed by atoms with Crippen LogP contribution in [0, 0.1) is 20.8 Å². The van der Waals surface area contributed by atoms with Crippen molar-refractivity contribution in [3.05, 3.63) is 41.2 Å². The smallest absolute Gasteiger partial charge is 0.170 e. The maximum atomic E-state index is 5.61. The molecule has 0 unspecified atom stereocenters. The van der Waals surface area contributed by atoms with E-state index in [2.05, 4.69) is 46.9 Å². The van der Waals surface area contributed by atoms with Gasteiger partial charge in [0.2, 0.25) is 0 Å². The van der Waals surface area contributed by atoms with E-state index >= 15 is 0 Å². The maximum absolute atomic E-state index is 5.61. The lowest BCUT2D eigenvalue weighted by Gasteiger charge is -2.14. The second-order valence-corrected chi connectivity index (χ2v) is 6.67. The van der Waals surface area contributed by atoms with Gasteiger partial charge in [-0.05, 0) is 58.0 Å². The summed E-state index contributed by atoms with van der Waals surface area (Å²) in [7, 11) is 0. The average Bonchev–Trinajstić information content (AvgIpc) is 3.17. The Balaban J connectivity index is 1.69. The number of hydrogen-bond donors (Lipinski definition) is 2. The minimum absolute atomic E-state index is 0.266. The molecule has 0 spiro atoms. The van der Waals surface area contributed by atoms with Crippen LogP contribution in [0.25, 0.3) is 5.69 Å². The van der Waals surface area contributed by atoms with Crippen LogP contribution in [0.15, 0.2) is 24.3 Å². The number of thiocarbonyl (C=S) groups is 1. The number of hydrogen-bond acceptors (Lipinski definition) is 3. The first-order chi connectivity index (χ1) is 11.5. The molecule has 0 radical (unpaired) electrons. The molecule has 6 heteroatoms. The topological polar surface area (TPSA) is 51.1 Å². The molecule has 1 saturated heterocycles. The zero-order valence-electron chi connectivity index (χ0n) is 14.4. The Labute approximate surface area is 148 Å². The number of aromatic nitrogens is 2. The Morgan fingerprint density at radius 2 is 2.04 bits per heavy atom. The van der Waals surface area contributed by atoms with Gasteiger partial charge in [0.15, 0.2) is 5.11 Å². The van der Waals surface area contributed by atoms with E-state index < -0.39 is 0 Å². The first-order valence-electron chi connectivity index (χ1n) is 8.34. The Morgan fingerprint density at radius 1 is 1.29 bits per heavy atom. The molecule has 128 valence electrons. The first-order valence-corrected chi connectivity index (χ1v) is 8.75. The summed E-state index contributed by atoms with van der Waals surface area (Å²) in [6.07, 6.45) is 2.50. The van der Waals surface area contributed by atoms with Crippen LogP contribution in [-0.4, -0.2) is 34.1 Å². The molecule has 1 aromatic heterocycles. The molecule has 3 rings (SSSR count). The van der Waals surface area contributed by atoms with Crippen molar-refractivity contribution in [1.29, 1.82) is 0 Å². The number of ether oxygens (including phenoxy) is 1. The molecule has 2 heterocycles. The summed E-state index contributed by atoms with van der Waals surface area (Å²) in [6, 6.07) is 8.33. The second-order valence-electron chi connectivity index (χ2n) is 6.26. The predicted molar refractivity (Wildman–Crippen MR) is 101 cm³/mol. The largest absolute Gasteiger partial charge is 0.376 e. The van der Waals surface area contributed by atoms with Crippen LogP contribution < -0.4 is 10.6 Å². The monoisotopic (exact) mass is 344 g/mol. The third-order valence-corrected chi connectivity index (χ3v) is 4.57. The van der Waals surface area contributed by atoms with E-state index in [0.717, 1.165) is 48.8 Å². The van der Waals surface area contributed by atoms with Crippen molar-refractivity contribution in [3.8, 4) is 5.69 Å². The van der Waals surface area contributed by atoms with Crippen molar-refractivity contribution in [2.75, 3.05) is 18.5 Å². The summed E-state index contributed by atoms with van der Waals surface area (Å²) in [6.45, 7) is 7.72. The summed E-state index contributed by atoms with van der Waals surface area (Å²) < 4.78 is 7.55. The minimum atomic E-state index is 0.266. The van der Waals surface area contributed by atoms with Crippen LogP contribution in [0.5, 0.6) is 0 Å². The van der Waals surface area contributed by atoms with E-state index in [9.17, 15) is 0 Å². The molecule has 1 fully saturated rings. The molecule has 0 bridgehead atoms. The lowest BCUT2D eigenvalue weighted by Crippen LogP contribution is -2.35. The van der Waals surface area contributed by atoms with E-state index in [1.54, 1.807) is 0 Å². The van der Waals surface area contributed by atoms with Gasteiger partial charge in [0.1, 0.15) is 0 Å². The molecule has 2 N–H and O–H groups in total. The number of nitrogens with zero attached hydrogens (tertiary/aromatic N) is 2. The van der Waals surface area contributed by atoms with Gasteiger partial charge in [-0.3, -0.25) is 0 Å². The highest BCUT2D eigenvalue weighted by atomic mass is 32.1.